The van der Waals surface area contributed by atoms with Gasteiger partial charge < -0.3 is 36.2 Å². The number of aryl methyl sites for hydroxylation is 1. The van der Waals surface area contributed by atoms with Crippen LogP contribution >= 0.6 is 0 Å². The number of carbonyl (C=O) groups excluding carboxylic acids is 2. The van der Waals surface area contributed by atoms with E-state index in [4.69, 9.17) is 5.73 Å². The van der Waals surface area contributed by atoms with Gasteiger partial charge in [0.1, 0.15) is 17.1 Å². The highest BCUT2D eigenvalue weighted by Crippen LogP contribution is 2.46. The van der Waals surface area contributed by atoms with Crippen LogP contribution in [0.2, 0.25) is 0 Å². The van der Waals surface area contributed by atoms with Crippen molar-refractivity contribution in [3.8, 4) is 5.75 Å². The van der Waals surface area contributed by atoms with Gasteiger partial charge in [-0.05, 0) is 61.6 Å². The Kier molecular flexibility index (Phi) is 8.70. The van der Waals surface area contributed by atoms with E-state index in [2.05, 4.69) is 4.72 Å². The molecule has 0 heterocycles. The molecule has 0 aliphatic heterocycles. The van der Waals surface area contributed by atoms with E-state index >= 15 is 0 Å². The van der Waals surface area contributed by atoms with E-state index in [1.165, 1.54) is 6.92 Å². The molecule has 2 aliphatic carbocycles. The summed E-state index contributed by atoms with van der Waals surface area (Å²) in [5.74, 6) is -6.48. The number of aromatic hydroxyl groups is 1. The number of nitrogens with one attached hydrogen (secondary N) is 1. The van der Waals surface area contributed by atoms with Crippen LogP contribution in [0.3, 0.4) is 0 Å². The van der Waals surface area contributed by atoms with Crippen LogP contribution in [0.4, 0.5) is 5.69 Å². The summed E-state index contributed by atoms with van der Waals surface area (Å²) >= 11 is 0. The van der Waals surface area contributed by atoms with Gasteiger partial charge in [0.25, 0.3) is 5.91 Å². The van der Waals surface area contributed by atoms with Gasteiger partial charge in [0.15, 0.2) is 11.6 Å². The van der Waals surface area contributed by atoms with Crippen molar-refractivity contribution >= 4 is 27.4 Å². The second kappa shape index (κ2) is 11.2. The van der Waals surface area contributed by atoms with E-state index in [1.807, 2.05) is 0 Å². The maximum atomic E-state index is 13.7. The standard InChI is InChI=1S/C26H37N3O9S/c1-13(30)20-16(8-14-9-19(31)22(25(27)34)26(35,36)12-14)10-17-18(29(2)3)11-15(23(32)21(17)24(20)33)6-5-7-28-39(4,37)38/h11,14,16,28,30-32,35-36H,5-10,12H2,1-4H3,(H2,27,34)/b20-13-. The molecule has 0 saturated carbocycles. The first kappa shape index (κ1) is 30.4. The largest absolute Gasteiger partial charge is 0.512 e. The summed E-state index contributed by atoms with van der Waals surface area (Å²) in [6.07, 6.45) is 1.75. The molecule has 1 amide bonds. The lowest BCUT2D eigenvalue weighted by Gasteiger charge is -2.37. The normalized spacial score (nSPS) is 22.5. The summed E-state index contributed by atoms with van der Waals surface area (Å²) in [6.45, 7) is 1.52. The van der Waals surface area contributed by atoms with Crippen LogP contribution in [0.25, 0.3) is 0 Å². The molecular weight excluding hydrogens is 530 g/mol. The monoisotopic (exact) mass is 567 g/mol. The number of sulfonamides is 1. The fourth-order valence-electron chi connectivity index (χ4n) is 5.75. The zero-order chi connectivity index (χ0) is 29.4. The van der Waals surface area contributed by atoms with Gasteiger partial charge in [-0.15, -0.1) is 0 Å². The second-order valence-electron chi connectivity index (χ2n) is 10.7. The minimum atomic E-state index is -3.37. The van der Waals surface area contributed by atoms with E-state index in [0.29, 0.717) is 29.7 Å². The predicted octanol–water partition coefficient (Wildman–Crippen LogP) is 0.905. The number of anilines is 1. The van der Waals surface area contributed by atoms with Crippen molar-refractivity contribution in [1.82, 2.24) is 4.72 Å². The second-order valence-corrected chi connectivity index (χ2v) is 12.5. The summed E-state index contributed by atoms with van der Waals surface area (Å²) in [5.41, 5.74) is 6.37. The van der Waals surface area contributed by atoms with E-state index in [0.717, 1.165) is 6.26 Å². The minimum absolute atomic E-state index is 0.0630. The number of Topliss-reactive ketones (excluding diaryl/α,β-unsaturated/α-hetero) is 1. The zero-order valence-corrected chi connectivity index (χ0v) is 23.3. The molecular formula is C26H37N3O9S. The number of hydrogen-bond donors (Lipinski definition) is 7. The van der Waals surface area contributed by atoms with Gasteiger partial charge in [-0.1, -0.05) is 0 Å². The molecule has 0 saturated heterocycles. The van der Waals surface area contributed by atoms with E-state index in [-0.39, 0.29) is 54.9 Å². The number of nitrogens with zero attached hydrogens (tertiary/aromatic N) is 1. The number of ketones is 1. The first-order chi connectivity index (χ1) is 17.9. The Bertz CT molecular complexity index is 1340. The Morgan fingerprint density at radius 3 is 2.38 bits per heavy atom. The Morgan fingerprint density at radius 2 is 1.87 bits per heavy atom. The molecule has 1 aromatic rings. The third-order valence-corrected chi connectivity index (χ3v) is 7.99. The van der Waals surface area contributed by atoms with E-state index in [1.54, 1.807) is 25.1 Å². The predicted molar refractivity (Wildman–Crippen MR) is 144 cm³/mol. The number of rotatable bonds is 9. The summed E-state index contributed by atoms with van der Waals surface area (Å²) in [5, 5.41) is 52.8. The number of phenols is 1. The first-order valence-electron chi connectivity index (χ1n) is 12.6. The van der Waals surface area contributed by atoms with Crippen LogP contribution in [0.1, 0.15) is 54.1 Å². The van der Waals surface area contributed by atoms with E-state index in [9.17, 15) is 43.5 Å². The fourth-order valence-corrected chi connectivity index (χ4v) is 6.27. The van der Waals surface area contributed by atoms with Crippen molar-refractivity contribution in [2.24, 2.45) is 17.6 Å². The molecule has 0 bridgehead atoms. The lowest BCUT2D eigenvalue weighted by atomic mass is 9.70. The summed E-state index contributed by atoms with van der Waals surface area (Å²) < 4.78 is 25.1. The van der Waals surface area contributed by atoms with Gasteiger partial charge in [0, 0.05) is 44.7 Å². The van der Waals surface area contributed by atoms with Crippen molar-refractivity contribution in [1.29, 1.82) is 0 Å². The molecule has 216 valence electrons. The number of fused-ring (bicyclic) bond motifs is 1. The molecule has 3 rings (SSSR count). The Hall–Kier alpha value is -3.13. The number of hydrogen-bond acceptors (Lipinski definition) is 10. The summed E-state index contributed by atoms with van der Waals surface area (Å²) in [4.78, 5) is 27.2. The lowest BCUT2D eigenvalue weighted by Crippen LogP contribution is -2.44. The third kappa shape index (κ3) is 6.55. The number of phenolic OH excluding ortho intramolecular Hbond substituents is 1. The van der Waals surface area contributed by atoms with Gasteiger partial charge >= 0.3 is 0 Å². The summed E-state index contributed by atoms with van der Waals surface area (Å²) in [6, 6.07) is 1.75. The average Bonchev–Trinajstić information content (AvgIpc) is 2.75. The molecule has 2 atom stereocenters. The van der Waals surface area contributed by atoms with E-state index < -0.39 is 50.7 Å². The number of amides is 1. The zero-order valence-electron chi connectivity index (χ0n) is 22.5. The van der Waals surface area contributed by atoms with Crippen molar-refractivity contribution in [2.45, 2.75) is 51.2 Å². The van der Waals surface area contributed by atoms with Crippen molar-refractivity contribution in [3.05, 3.63) is 45.4 Å². The molecule has 0 fully saturated rings. The van der Waals surface area contributed by atoms with Crippen LogP contribution < -0.4 is 15.4 Å². The molecule has 2 aliphatic rings. The number of aliphatic hydroxyl groups excluding tert-OH is 2. The maximum absolute atomic E-state index is 13.7. The summed E-state index contributed by atoms with van der Waals surface area (Å²) in [7, 11) is 0.197. The number of allylic oxidation sites excluding steroid dienone is 3. The number of benzene rings is 1. The topological polar surface area (TPSA) is 211 Å². The molecule has 0 radical (unpaired) electrons. The highest BCUT2D eigenvalue weighted by Gasteiger charge is 2.45. The van der Waals surface area contributed by atoms with Crippen LogP contribution in [-0.4, -0.2) is 78.3 Å². The van der Waals surface area contributed by atoms with Crippen LogP contribution in [-0.2, 0) is 27.7 Å². The first-order valence-corrected chi connectivity index (χ1v) is 14.4. The molecule has 2 unspecified atom stereocenters. The molecule has 13 heteroatoms. The lowest BCUT2D eigenvalue weighted by molar-refractivity contribution is -0.158. The smallest absolute Gasteiger partial charge is 0.253 e. The quantitative estimate of drug-likeness (QED) is 0.0970. The number of carbonyl (C=O) groups is 2. The highest BCUT2D eigenvalue weighted by molar-refractivity contribution is 7.88. The third-order valence-electron chi connectivity index (χ3n) is 7.26. The van der Waals surface area contributed by atoms with Gasteiger partial charge in [0.2, 0.25) is 10.0 Å². The van der Waals surface area contributed by atoms with Crippen LogP contribution in [0.5, 0.6) is 5.75 Å². The number of primary amides is 1. The molecule has 8 N–H and O–H groups in total. The fraction of sp³-hybridized carbons (Fsp3) is 0.538. The molecule has 39 heavy (non-hydrogen) atoms. The highest BCUT2D eigenvalue weighted by atomic mass is 32.2. The average molecular weight is 568 g/mol. The molecule has 1 aromatic carbocycles. The van der Waals surface area contributed by atoms with Crippen molar-refractivity contribution in [3.63, 3.8) is 0 Å². The van der Waals surface area contributed by atoms with Gasteiger partial charge in [-0.25, -0.2) is 13.1 Å². The Balaban J connectivity index is 1.99. The number of nitrogens with two attached hydrogens (primary N) is 1. The molecule has 12 nitrogen and oxygen atoms in total. The van der Waals surface area contributed by atoms with Crippen molar-refractivity contribution in [2.75, 3.05) is 31.8 Å². The SMILES string of the molecule is C/C(O)=C1/C(=O)c2c(O)c(CCCNS(C)(=O)=O)cc(N(C)C)c2CC1CC1CC(O)=C(C(N)=O)C(O)(O)C1. The maximum Gasteiger partial charge on any atom is 0.253 e. The Labute approximate surface area is 227 Å². The van der Waals surface area contributed by atoms with Crippen LogP contribution in [0.15, 0.2) is 28.7 Å². The molecule has 0 spiro atoms. The van der Waals surface area contributed by atoms with Gasteiger partial charge in [-0.3, -0.25) is 9.59 Å². The van der Waals surface area contributed by atoms with Gasteiger partial charge in [0.05, 0.1) is 17.6 Å². The minimum Gasteiger partial charge on any atom is -0.512 e. The van der Waals surface area contributed by atoms with Crippen molar-refractivity contribution < 1.29 is 43.5 Å². The number of aliphatic hydroxyl groups is 4. The van der Waals surface area contributed by atoms with Crippen LogP contribution in [0, 0.1) is 11.8 Å². The molecule has 0 aromatic heterocycles. The Morgan fingerprint density at radius 1 is 1.23 bits per heavy atom. The van der Waals surface area contributed by atoms with Gasteiger partial charge in [-0.2, -0.15) is 0 Å².